The van der Waals surface area contributed by atoms with Gasteiger partial charge in [-0.2, -0.15) is 0 Å². The Morgan fingerprint density at radius 1 is 1.18 bits per heavy atom. The van der Waals surface area contributed by atoms with Crippen LogP contribution in [0.5, 0.6) is 11.5 Å². The minimum absolute atomic E-state index is 0.221. The molecular weight excluding hydrogens is 480 g/mol. The molecule has 0 saturated heterocycles. The van der Waals surface area contributed by atoms with Crippen molar-refractivity contribution in [3.8, 4) is 11.5 Å². The zero-order valence-corrected chi connectivity index (χ0v) is 21.0. The lowest BCUT2D eigenvalue weighted by atomic mass is 9.95. The largest absolute Gasteiger partial charge is 0.486 e. The second kappa shape index (κ2) is 9.83. The molecule has 11 heteroatoms. The normalized spacial score (nSPS) is 15.7. The van der Waals surface area contributed by atoms with E-state index in [1.165, 1.54) is 18.3 Å². The monoisotopic (exact) mass is 508 g/mol. The van der Waals surface area contributed by atoms with Crippen molar-refractivity contribution in [1.82, 2.24) is 0 Å². The highest BCUT2D eigenvalue weighted by Gasteiger charge is 2.33. The summed E-state index contributed by atoms with van der Waals surface area (Å²) in [5, 5.41) is 3.21. The minimum atomic E-state index is -3.83. The van der Waals surface area contributed by atoms with E-state index in [0.717, 1.165) is 46.7 Å². The highest BCUT2D eigenvalue weighted by atomic mass is 32.2. The van der Waals surface area contributed by atoms with Crippen LogP contribution in [0.25, 0.3) is 0 Å². The van der Waals surface area contributed by atoms with Gasteiger partial charge in [0.05, 0.1) is 24.1 Å². The highest BCUT2D eigenvalue weighted by Crippen LogP contribution is 2.39. The summed E-state index contributed by atoms with van der Waals surface area (Å²) in [6, 6.07) is 3.66. The van der Waals surface area contributed by atoms with Crippen LogP contribution >= 0.6 is 11.3 Å². The van der Waals surface area contributed by atoms with Gasteiger partial charge in [0.25, 0.3) is 0 Å². The van der Waals surface area contributed by atoms with Crippen molar-refractivity contribution in [3.63, 3.8) is 0 Å². The number of carbonyl (C=O) groups is 2. The predicted molar refractivity (Wildman–Crippen MR) is 130 cm³/mol. The molecule has 0 radical (unpaired) electrons. The number of ether oxygens (including phenoxy) is 3. The lowest BCUT2D eigenvalue weighted by Gasteiger charge is -2.29. The summed E-state index contributed by atoms with van der Waals surface area (Å²) in [4.78, 5) is 27.1. The predicted octanol–water partition coefficient (Wildman–Crippen LogP) is 3.37. The standard InChI is InChI=1S/C23H28N2O7S2/c1-4-30-23(27)20-16-7-5-6-8-19(16)33-22(20)24-21(26)14(2)25(34(3,28)29)15-9-10-17-18(13-15)32-12-11-31-17/h9-10,13-14H,4-8,11-12H2,1-3H3,(H,24,26)/t14-/m0/s1. The summed E-state index contributed by atoms with van der Waals surface area (Å²) in [6.07, 6.45) is 4.61. The fourth-order valence-electron chi connectivity index (χ4n) is 4.27. The van der Waals surface area contributed by atoms with E-state index < -0.39 is 27.9 Å². The molecule has 1 N–H and O–H groups in total. The number of thiophene rings is 1. The van der Waals surface area contributed by atoms with Crippen LogP contribution in [0.3, 0.4) is 0 Å². The fourth-order valence-corrected chi connectivity index (χ4v) is 6.71. The van der Waals surface area contributed by atoms with E-state index in [-0.39, 0.29) is 12.3 Å². The molecule has 1 amide bonds. The van der Waals surface area contributed by atoms with E-state index in [1.54, 1.807) is 25.1 Å². The van der Waals surface area contributed by atoms with Crippen LogP contribution in [0.15, 0.2) is 18.2 Å². The van der Waals surface area contributed by atoms with E-state index in [1.807, 2.05) is 0 Å². The number of esters is 1. The van der Waals surface area contributed by atoms with Crippen LogP contribution in [-0.2, 0) is 32.4 Å². The van der Waals surface area contributed by atoms with Gasteiger partial charge in [0.1, 0.15) is 24.3 Å². The number of benzene rings is 1. The summed E-state index contributed by atoms with van der Waals surface area (Å²) in [6.45, 7) is 4.22. The maximum absolute atomic E-state index is 13.3. The second-order valence-electron chi connectivity index (χ2n) is 8.19. The van der Waals surface area contributed by atoms with Crippen molar-refractivity contribution in [1.29, 1.82) is 0 Å². The summed E-state index contributed by atoms with van der Waals surface area (Å²) in [5.41, 5.74) is 1.59. The van der Waals surface area contributed by atoms with Crippen molar-refractivity contribution in [2.45, 2.75) is 45.6 Å². The lowest BCUT2D eigenvalue weighted by molar-refractivity contribution is -0.116. The molecule has 184 valence electrons. The van der Waals surface area contributed by atoms with E-state index in [9.17, 15) is 18.0 Å². The maximum Gasteiger partial charge on any atom is 0.341 e. The molecule has 2 aliphatic rings. The average Bonchev–Trinajstić information content (AvgIpc) is 3.16. The third-order valence-electron chi connectivity index (χ3n) is 5.76. The molecule has 1 aromatic carbocycles. The first-order valence-electron chi connectivity index (χ1n) is 11.2. The minimum Gasteiger partial charge on any atom is -0.486 e. The molecule has 1 aliphatic carbocycles. The molecule has 4 rings (SSSR count). The number of amides is 1. The number of hydrogen-bond donors (Lipinski definition) is 1. The Bertz CT molecular complexity index is 1210. The molecule has 1 aliphatic heterocycles. The summed E-state index contributed by atoms with van der Waals surface area (Å²) < 4.78 is 42.8. The van der Waals surface area contributed by atoms with Gasteiger partial charge >= 0.3 is 5.97 Å². The number of fused-ring (bicyclic) bond motifs is 2. The van der Waals surface area contributed by atoms with Crippen LogP contribution in [-0.4, -0.2) is 52.4 Å². The molecule has 0 fully saturated rings. The molecule has 2 aromatic rings. The third kappa shape index (κ3) is 4.85. The number of hydrogen-bond acceptors (Lipinski definition) is 8. The molecular formula is C23H28N2O7S2. The number of anilines is 2. The Hall–Kier alpha value is -2.79. The average molecular weight is 509 g/mol. The molecule has 1 atom stereocenters. The van der Waals surface area contributed by atoms with Gasteiger partial charge in [-0.1, -0.05) is 0 Å². The molecule has 1 aromatic heterocycles. The first kappa shape index (κ1) is 24.3. The zero-order chi connectivity index (χ0) is 24.5. The SMILES string of the molecule is CCOC(=O)c1c(NC(=O)[C@H](C)N(c2ccc3c(c2)OCCO3)S(C)(=O)=O)sc2c1CCCC2. The van der Waals surface area contributed by atoms with E-state index in [0.29, 0.717) is 35.3 Å². The summed E-state index contributed by atoms with van der Waals surface area (Å²) in [5.74, 6) is -0.0922. The van der Waals surface area contributed by atoms with E-state index in [4.69, 9.17) is 14.2 Å². The van der Waals surface area contributed by atoms with Crippen molar-refractivity contribution >= 4 is 43.9 Å². The fraction of sp³-hybridized carbons (Fsp3) is 0.478. The Morgan fingerprint density at radius 2 is 1.88 bits per heavy atom. The van der Waals surface area contributed by atoms with Gasteiger partial charge in [0, 0.05) is 10.9 Å². The lowest BCUT2D eigenvalue weighted by Crippen LogP contribution is -2.45. The summed E-state index contributed by atoms with van der Waals surface area (Å²) in [7, 11) is -3.83. The third-order valence-corrected chi connectivity index (χ3v) is 8.21. The number of nitrogens with one attached hydrogen (secondary N) is 1. The van der Waals surface area contributed by atoms with Gasteiger partial charge in [-0.15, -0.1) is 11.3 Å². The van der Waals surface area contributed by atoms with Crippen LogP contribution in [0.2, 0.25) is 0 Å². The Labute approximate surface area is 203 Å². The van der Waals surface area contributed by atoms with Crippen LogP contribution in [0.4, 0.5) is 10.7 Å². The number of aryl methyl sites for hydroxylation is 1. The Balaban J connectivity index is 1.64. The van der Waals surface area contributed by atoms with Crippen LogP contribution in [0.1, 0.15) is 47.5 Å². The van der Waals surface area contributed by atoms with Gasteiger partial charge in [0.15, 0.2) is 11.5 Å². The zero-order valence-electron chi connectivity index (χ0n) is 19.4. The summed E-state index contributed by atoms with van der Waals surface area (Å²) >= 11 is 1.36. The topological polar surface area (TPSA) is 111 Å². The molecule has 0 saturated carbocycles. The van der Waals surface area contributed by atoms with Gasteiger partial charge in [-0.25, -0.2) is 13.2 Å². The van der Waals surface area contributed by atoms with E-state index in [2.05, 4.69) is 5.32 Å². The molecule has 0 bridgehead atoms. The first-order valence-corrected chi connectivity index (χ1v) is 13.9. The van der Waals surface area contributed by atoms with Gasteiger partial charge in [0.2, 0.25) is 15.9 Å². The van der Waals surface area contributed by atoms with Crippen LogP contribution < -0.4 is 19.1 Å². The number of sulfonamides is 1. The van der Waals surface area contributed by atoms with Crippen LogP contribution in [0, 0.1) is 0 Å². The van der Waals surface area contributed by atoms with Crippen molar-refractivity contribution in [2.24, 2.45) is 0 Å². The molecule has 2 heterocycles. The maximum atomic E-state index is 13.3. The van der Waals surface area contributed by atoms with Crippen molar-refractivity contribution in [2.75, 3.05) is 35.7 Å². The number of nitrogens with zero attached hydrogens (tertiary/aromatic N) is 1. The highest BCUT2D eigenvalue weighted by molar-refractivity contribution is 7.92. The van der Waals surface area contributed by atoms with Gasteiger partial charge in [-0.05, 0) is 57.2 Å². The van der Waals surface area contributed by atoms with Crippen molar-refractivity contribution in [3.05, 3.63) is 34.2 Å². The molecule has 0 unspecified atom stereocenters. The van der Waals surface area contributed by atoms with Crippen molar-refractivity contribution < 1.29 is 32.2 Å². The smallest absolute Gasteiger partial charge is 0.341 e. The Morgan fingerprint density at radius 3 is 2.59 bits per heavy atom. The van der Waals surface area contributed by atoms with Gasteiger partial charge in [-0.3, -0.25) is 9.10 Å². The molecule has 0 spiro atoms. The van der Waals surface area contributed by atoms with Gasteiger partial charge < -0.3 is 19.5 Å². The second-order valence-corrected chi connectivity index (χ2v) is 11.2. The first-order chi connectivity index (χ1) is 16.2. The Kier molecular flexibility index (Phi) is 7.04. The number of carbonyl (C=O) groups excluding carboxylic acids is 2. The quantitative estimate of drug-likeness (QED) is 0.571. The van der Waals surface area contributed by atoms with E-state index >= 15 is 0 Å². The molecule has 34 heavy (non-hydrogen) atoms. The number of rotatable bonds is 7. The molecule has 9 nitrogen and oxygen atoms in total.